The van der Waals surface area contributed by atoms with Crippen LogP contribution in [0.15, 0.2) is 218 Å². The van der Waals surface area contributed by atoms with Crippen molar-refractivity contribution in [2.24, 2.45) is 0 Å². The molecule has 0 bridgehead atoms. The Balaban J connectivity index is 1.04. The first-order chi connectivity index (χ1) is 32.5. The molecule has 3 aliphatic rings. The van der Waals surface area contributed by atoms with Gasteiger partial charge in [-0.1, -0.05) is 220 Å². The van der Waals surface area contributed by atoms with E-state index in [2.05, 4.69) is 232 Å². The smallest absolute Gasteiger partial charge is 0.0619 e. The summed E-state index contributed by atoms with van der Waals surface area (Å²) in [6.07, 6.45) is 0. The molecular weight excluding hydrogens is 793 g/mol. The minimum atomic E-state index is -0.488. The van der Waals surface area contributed by atoms with Gasteiger partial charge in [-0.3, -0.25) is 0 Å². The fourth-order valence-electron chi connectivity index (χ4n) is 13.4. The van der Waals surface area contributed by atoms with E-state index in [9.17, 15) is 0 Å². The lowest BCUT2D eigenvalue weighted by molar-refractivity contribution is 0.660. The van der Waals surface area contributed by atoms with Gasteiger partial charge < -0.3 is 0 Å². The molecule has 0 N–H and O–H groups in total. The van der Waals surface area contributed by atoms with Crippen molar-refractivity contribution in [3.05, 3.63) is 252 Å². The molecule has 0 unspecified atom stereocenters. The largest absolute Gasteiger partial charge is 0.0732 e. The summed E-state index contributed by atoms with van der Waals surface area (Å²) in [7, 11) is 0. The van der Waals surface area contributed by atoms with Crippen LogP contribution in [0, 0.1) is 0 Å². The van der Waals surface area contributed by atoms with Gasteiger partial charge in [0.05, 0.1) is 5.41 Å². The van der Waals surface area contributed by atoms with Crippen molar-refractivity contribution in [1.82, 2.24) is 0 Å². The van der Waals surface area contributed by atoms with E-state index in [0.717, 1.165) is 0 Å². The predicted octanol–water partition coefficient (Wildman–Crippen LogP) is 17.4. The molecule has 3 aliphatic carbocycles. The van der Waals surface area contributed by atoms with E-state index in [1.54, 1.807) is 0 Å². The Bertz CT molecular complexity index is 4040. The van der Waals surface area contributed by atoms with Crippen molar-refractivity contribution in [3.8, 4) is 55.6 Å². The van der Waals surface area contributed by atoms with Crippen LogP contribution in [0.25, 0.3) is 109 Å². The maximum Gasteiger partial charge on any atom is 0.0732 e. The molecule has 0 atom stereocenters. The third-order valence-corrected chi connectivity index (χ3v) is 16.0. The van der Waals surface area contributed by atoms with E-state index in [0.29, 0.717) is 0 Å². The number of fused-ring (bicyclic) bond motifs is 22. The topological polar surface area (TPSA) is 0 Å². The standard InChI is InChI=1S/C66H42/c1-65(2)55-28-14-11-20-44(55)47-34-31-41(38-59(47)65)61-51-26-9-7-24-49(51)60(50-25-8-10-27-52(50)61)40-32-35-53-54(37-40)43-19-5-6-23-48(43)63-62-42-18-4-3-17-39(42)33-36-58(62)66(64(53)63)56-29-15-12-21-45(56)46-22-13-16-30-57(46)66/h3-38H,1-2H3. The fraction of sp³-hybridized carbons (Fsp3) is 0.0606. The lowest BCUT2D eigenvalue weighted by Crippen LogP contribution is -2.26. The van der Waals surface area contributed by atoms with Crippen LogP contribution in [0.1, 0.15) is 47.2 Å². The molecule has 0 aliphatic heterocycles. The van der Waals surface area contributed by atoms with Gasteiger partial charge in [0.15, 0.2) is 0 Å². The molecule has 0 nitrogen and oxygen atoms in total. The minimum absolute atomic E-state index is 0.0861. The molecule has 12 aromatic carbocycles. The zero-order chi connectivity index (χ0) is 43.5. The molecule has 1 spiro atoms. The average Bonchev–Trinajstić information content (AvgIpc) is 3.94. The van der Waals surface area contributed by atoms with Gasteiger partial charge in [-0.25, -0.2) is 0 Å². The van der Waals surface area contributed by atoms with Crippen LogP contribution in [0.3, 0.4) is 0 Å². The second kappa shape index (κ2) is 12.8. The second-order valence-electron chi connectivity index (χ2n) is 19.4. The van der Waals surface area contributed by atoms with Gasteiger partial charge >= 0.3 is 0 Å². The highest BCUT2D eigenvalue weighted by molar-refractivity contribution is 6.26. The Morgan fingerprint density at radius 2 is 0.712 bits per heavy atom. The van der Waals surface area contributed by atoms with Crippen LogP contribution in [-0.4, -0.2) is 0 Å². The van der Waals surface area contributed by atoms with Gasteiger partial charge in [0, 0.05) is 5.41 Å². The molecule has 0 amide bonds. The molecule has 306 valence electrons. The third-order valence-electron chi connectivity index (χ3n) is 16.0. The normalized spacial score (nSPS) is 14.5. The zero-order valence-corrected chi connectivity index (χ0v) is 36.8. The molecule has 66 heavy (non-hydrogen) atoms. The highest BCUT2D eigenvalue weighted by Crippen LogP contribution is 2.66. The molecule has 0 radical (unpaired) electrons. The van der Waals surface area contributed by atoms with Gasteiger partial charge in [0.2, 0.25) is 0 Å². The average molecular weight is 835 g/mol. The first-order valence-corrected chi connectivity index (χ1v) is 23.4. The molecule has 0 aromatic heterocycles. The Morgan fingerprint density at radius 1 is 0.258 bits per heavy atom. The van der Waals surface area contributed by atoms with Crippen LogP contribution >= 0.6 is 0 Å². The molecule has 0 saturated heterocycles. The van der Waals surface area contributed by atoms with E-state index >= 15 is 0 Å². The Labute approximate surface area is 384 Å². The van der Waals surface area contributed by atoms with E-state index in [-0.39, 0.29) is 5.41 Å². The van der Waals surface area contributed by atoms with Gasteiger partial charge in [-0.2, -0.15) is 0 Å². The van der Waals surface area contributed by atoms with Gasteiger partial charge in [0.25, 0.3) is 0 Å². The SMILES string of the molecule is CC1(C)c2ccccc2-c2ccc(-c3c4ccccc4c(-c4ccc5c6c(c7ccccc7c5c4)-c4c(ccc5ccccc45)C64c5ccccc5-c5ccccc54)c4ccccc34)cc21. The summed E-state index contributed by atoms with van der Waals surface area (Å²) in [5, 5.41) is 12.9. The van der Waals surface area contributed by atoms with Crippen molar-refractivity contribution in [2.75, 3.05) is 0 Å². The molecular formula is C66H42. The molecule has 15 rings (SSSR count). The van der Waals surface area contributed by atoms with Crippen LogP contribution in [0.4, 0.5) is 0 Å². The molecule has 0 heteroatoms. The monoisotopic (exact) mass is 834 g/mol. The van der Waals surface area contributed by atoms with Crippen LogP contribution < -0.4 is 0 Å². The van der Waals surface area contributed by atoms with Crippen molar-refractivity contribution in [3.63, 3.8) is 0 Å². The van der Waals surface area contributed by atoms with E-state index in [4.69, 9.17) is 0 Å². The minimum Gasteiger partial charge on any atom is -0.0619 e. The van der Waals surface area contributed by atoms with E-state index in [1.807, 2.05) is 0 Å². The van der Waals surface area contributed by atoms with Gasteiger partial charge in [-0.15, -0.1) is 0 Å². The van der Waals surface area contributed by atoms with Crippen molar-refractivity contribution in [1.29, 1.82) is 0 Å². The van der Waals surface area contributed by atoms with Gasteiger partial charge in [0.1, 0.15) is 0 Å². The van der Waals surface area contributed by atoms with Crippen LogP contribution in [0.2, 0.25) is 0 Å². The fourth-order valence-corrected chi connectivity index (χ4v) is 13.4. The number of hydrogen-bond donors (Lipinski definition) is 0. The number of benzene rings is 12. The molecule has 12 aromatic rings. The second-order valence-corrected chi connectivity index (χ2v) is 19.4. The van der Waals surface area contributed by atoms with Crippen molar-refractivity contribution < 1.29 is 0 Å². The summed E-state index contributed by atoms with van der Waals surface area (Å²) in [4.78, 5) is 0. The highest BCUT2D eigenvalue weighted by atomic mass is 14.5. The maximum atomic E-state index is 2.53. The van der Waals surface area contributed by atoms with Crippen molar-refractivity contribution >= 4 is 53.9 Å². The first kappa shape index (κ1) is 36.3. The number of hydrogen-bond acceptors (Lipinski definition) is 0. The maximum absolute atomic E-state index is 2.53. The van der Waals surface area contributed by atoms with E-state index < -0.39 is 5.41 Å². The Kier molecular flexibility index (Phi) is 7.04. The quantitative estimate of drug-likeness (QED) is 0.120. The Morgan fingerprint density at radius 3 is 1.33 bits per heavy atom. The molecule has 0 fully saturated rings. The lowest BCUT2D eigenvalue weighted by Gasteiger charge is -2.32. The summed E-state index contributed by atoms with van der Waals surface area (Å²) in [6.45, 7) is 4.76. The summed E-state index contributed by atoms with van der Waals surface area (Å²) in [6, 6.07) is 83.3. The summed E-state index contributed by atoms with van der Waals surface area (Å²) < 4.78 is 0. The highest BCUT2D eigenvalue weighted by Gasteiger charge is 2.53. The first-order valence-electron chi connectivity index (χ1n) is 23.4. The van der Waals surface area contributed by atoms with E-state index in [1.165, 1.54) is 143 Å². The molecule has 0 saturated carbocycles. The lowest BCUT2D eigenvalue weighted by atomic mass is 9.69. The summed E-state index contributed by atoms with van der Waals surface area (Å²) >= 11 is 0. The summed E-state index contributed by atoms with van der Waals surface area (Å²) in [5.41, 5.74) is 20.9. The molecule has 0 heterocycles. The van der Waals surface area contributed by atoms with Gasteiger partial charge in [-0.05, 0) is 155 Å². The van der Waals surface area contributed by atoms with Crippen molar-refractivity contribution in [2.45, 2.75) is 24.7 Å². The number of rotatable bonds is 2. The Hall–Kier alpha value is -8.06. The predicted molar refractivity (Wildman–Crippen MR) is 279 cm³/mol. The zero-order valence-electron chi connectivity index (χ0n) is 36.8. The van der Waals surface area contributed by atoms with Crippen LogP contribution in [-0.2, 0) is 10.8 Å². The van der Waals surface area contributed by atoms with Crippen LogP contribution in [0.5, 0.6) is 0 Å². The summed E-state index contributed by atoms with van der Waals surface area (Å²) in [5.74, 6) is 0. The third kappa shape index (κ3) is 4.40.